The molecule has 0 saturated heterocycles. The molecule has 3 heteroatoms. The number of hydrogen-bond donors (Lipinski definition) is 0. The Morgan fingerprint density at radius 3 is 2.25 bits per heavy atom. The summed E-state index contributed by atoms with van der Waals surface area (Å²) in [4.78, 5) is 24.3. The van der Waals surface area contributed by atoms with E-state index in [1.807, 2.05) is 12.1 Å². The zero-order valence-electron chi connectivity index (χ0n) is 10.9. The van der Waals surface area contributed by atoms with Crippen molar-refractivity contribution < 1.29 is 14.3 Å². The first-order chi connectivity index (χ1) is 9.70. The van der Waals surface area contributed by atoms with Gasteiger partial charge in [-0.3, -0.25) is 9.59 Å². The summed E-state index contributed by atoms with van der Waals surface area (Å²) in [5, 5.41) is 0. The van der Waals surface area contributed by atoms with Crippen LogP contribution in [0.5, 0.6) is 5.75 Å². The van der Waals surface area contributed by atoms with Gasteiger partial charge in [-0.05, 0) is 29.3 Å². The van der Waals surface area contributed by atoms with Gasteiger partial charge in [0.2, 0.25) is 11.6 Å². The van der Waals surface area contributed by atoms with E-state index < -0.39 is 11.6 Å². The number of benzene rings is 2. The Hall–Kier alpha value is -2.68. The van der Waals surface area contributed by atoms with Crippen molar-refractivity contribution in [3.05, 3.63) is 65.2 Å². The third kappa shape index (κ3) is 1.93. The fraction of sp³-hybridized carbons (Fsp3) is 0.0588. The van der Waals surface area contributed by atoms with Gasteiger partial charge in [0.05, 0.1) is 7.11 Å². The van der Waals surface area contributed by atoms with Gasteiger partial charge in [-0.2, -0.15) is 0 Å². The zero-order chi connectivity index (χ0) is 14.1. The molecule has 0 spiro atoms. The number of hydrogen-bond acceptors (Lipinski definition) is 3. The molecule has 0 bridgehead atoms. The molecule has 1 aliphatic rings. The van der Waals surface area contributed by atoms with E-state index in [-0.39, 0.29) is 0 Å². The maximum absolute atomic E-state index is 12.2. The summed E-state index contributed by atoms with van der Waals surface area (Å²) >= 11 is 0. The van der Waals surface area contributed by atoms with Crippen LogP contribution < -0.4 is 4.74 Å². The molecule has 0 N–H and O–H groups in total. The predicted octanol–water partition coefficient (Wildman–Crippen LogP) is 3.00. The van der Waals surface area contributed by atoms with Crippen LogP contribution in [0.4, 0.5) is 0 Å². The molecule has 1 aliphatic carbocycles. The van der Waals surface area contributed by atoms with Crippen molar-refractivity contribution in [2.24, 2.45) is 0 Å². The molecule has 0 fully saturated rings. The van der Waals surface area contributed by atoms with Crippen LogP contribution in [0.2, 0.25) is 0 Å². The first-order valence-corrected chi connectivity index (χ1v) is 6.25. The van der Waals surface area contributed by atoms with Crippen LogP contribution in [0.15, 0.2) is 48.5 Å². The van der Waals surface area contributed by atoms with Crippen LogP contribution in [0.3, 0.4) is 0 Å². The number of methoxy groups -OCH3 is 1. The number of allylic oxidation sites excluding steroid dienone is 1. The van der Waals surface area contributed by atoms with Crippen molar-refractivity contribution >= 4 is 23.2 Å². The van der Waals surface area contributed by atoms with Gasteiger partial charge in [-0.25, -0.2) is 0 Å². The maximum Gasteiger partial charge on any atom is 0.234 e. The summed E-state index contributed by atoms with van der Waals surface area (Å²) in [5.41, 5.74) is 2.40. The Labute approximate surface area is 116 Å². The quantitative estimate of drug-likeness (QED) is 0.783. The van der Waals surface area contributed by atoms with Crippen LogP contribution in [0, 0.1) is 0 Å². The Morgan fingerprint density at radius 1 is 0.850 bits per heavy atom. The van der Waals surface area contributed by atoms with Crippen LogP contribution in [-0.4, -0.2) is 18.7 Å². The largest absolute Gasteiger partial charge is 0.497 e. The minimum absolute atomic E-state index is 0.427. The molecule has 0 radical (unpaired) electrons. The Bertz CT molecular complexity index is 724. The second kappa shape index (κ2) is 4.78. The Kier molecular flexibility index (Phi) is 2.95. The molecule has 2 aromatic carbocycles. The van der Waals surface area contributed by atoms with Gasteiger partial charge in [-0.15, -0.1) is 0 Å². The molecule has 0 aromatic heterocycles. The lowest BCUT2D eigenvalue weighted by molar-refractivity contribution is -0.110. The average Bonchev–Trinajstić information content (AvgIpc) is 2.51. The van der Waals surface area contributed by atoms with E-state index in [4.69, 9.17) is 4.74 Å². The molecule has 3 rings (SSSR count). The Balaban J connectivity index is 2.11. The van der Waals surface area contributed by atoms with Crippen molar-refractivity contribution in [1.82, 2.24) is 0 Å². The second-order valence-electron chi connectivity index (χ2n) is 4.53. The highest BCUT2D eigenvalue weighted by Gasteiger charge is 2.27. The van der Waals surface area contributed by atoms with Crippen LogP contribution in [0.1, 0.15) is 21.5 Å². The van der Waals surface area contributed by atoms with Gasteiger partial charge in [0.15, 0.2) is 0 Å². The first-order valence-electron chi connectivity index (χ1n) is 6.25. The SMILES string of the molecule is COc1ccc(C2=Cc3ccccc3C(=O)C2=O)cc1. The number of ether oxygens (including phenoxy) is 1. The number of rotatable bonds is 2. The lowest BCUT2D eigenvalue weighted by Crippen LogP contribution is -2.20. The number of carbonyl (C=O) groups excluding carboxylic acids is 2. The van der Waals surface area contributed by atoms with Crippen LogP contribution in [-0.2, 0) is 4.79 Å². The van der Waals surface area contributed by atoms with Crippen LogP contribution in [0.25, 0.3) is 11.6 Å². The monoisotopic (exact) mass is 264 g/mol. The minimum atomic E-state index is -0.464. The zero-order valence-corrected chi connectivity index (χ0v) is 10.9. The van der Waals surface area contributed by atoms with Crippen molar-refractivity contribution in [3.8, 4) is 5.75 Å². The van der Waals surface area contributed by atoms with Crippen molar-refractivity contribution in [3.63, 3.8) is 0 Å². The highest BCUT2D eigenvalue weighted by Crippen LogP contribution is 2.28. The topological polar surface area (TPSA) is 43.4 Å². The summed E-state index contributed by atoms with van der Waals surface area (Å²) in [6.07, 6.45) is 1.76. The molecule has 2 aromatic rings. The number of Topliss-reactive ketones (excluding diaryl/α,β-unsaturated/α-hetero) is 2. The fourth-order valence-electron chi connectivity index (χ4n) is 2.28. The highest BCUT2D eigenvalue weighted by molar-refractivity contribution is 6.61. The summed E-state index contributed by atoms with van der Waals surface area (Å²) < 4.78 is 5.09. The molecular weight excluding hydrogens is 252 g/mol. The predicted molar refractivity (Wildman–Crippen MR) is 76.6 cm³/mol. The summed E-state index contributed by atoms with van der Waals surface area (Å²) in [7, 11) is 1.58. The molecule has 0 amide bonds. The van der Waals surface area contributed by atoms with E-state index in [1.54, 1.807) is 49.6 Å². The van der Waals surface area contributed by atoms with E-state index in [2.05, 4.69) is 0 Å². The molecule has 0 atom stereocenters. The second-order valence-corrected chi connectivity index (χ2v) is 4.53. The molecule has 0 unspecified atom stereocenters. The lowest BCUT2D eigenvalue weighted by Gasteiger charge is -2.14. The standard InChI is InChI=1S/C17H12O3/c1-20-13-8-6-11(7-9-13)15-10-12-4-2-3-5-14(12)16(18)17(15)19/h2-10H,1H3. The molecule has 0 saturated carbocycles. The minimum Gasteiger partial charge on any atom is -0.497 e. The van der Waals surface area contributed by atoms with Crippen molar-refractivity contribution in [1.29, 1.82) is 0 Å². The van der Waals surface area contributed by atoms with Gasteiger partial charge >= 0.3 is 0 Å². The summed E-state index contributed by atoms with van der Waals surface area (Å²) in [6, 6.07) is 14.2. The number of ketones is 2. The Morgan fingerprint density at radius 2 is 1.55 bits per heavy atom. The van der Waals surface area contributed by atoms with Crippen molar-refractivity contribution in [2.45, 2.75) is 0 Å². The van der Waals surface area contributed by atoms with Gasteiger partial charge < -0.3 is 4.74 Å². The van der Waals surface area contributed by atoms with E-state index in [0.29, 0.717) is 16.9 Å². The van der Waals surface area contributed by atoms with Gasteiger partial charge in [0, 0.05) is 11.1 Å². The molecule has 98 valence electrons. The maximum atomic E-state index is 12.2. The van der Waals surface area contributed by atoms with E-state index in [0.717, 1.165) is 11.1 Å². The molecule has 0 heterocycles. The van der Waals surface area contributed by atoms with Gasteiger partial charge in [0.25, 0.3) is 0 Å². The first kappa shape index (κ1) is 12.4. The number of fused-ring (bicyclic) bond motifs is 1. The molecule has 3 nitrogen and oxygen atoms in total. The van der Waals surface area contributed by atoms with Crippen molar-refractivity contribution in [2.75, 3.05) is 7.11 Å². The lowest BCUT2D eigenvalue weighted by atomic mass is 9.87. The van der Waals surface area contributed by atoms with E-state index >= 15 is 0 Å². The van der Waals surface area contributed by atoms with E-state index in [9.17, 15) is 9.59 Å². The van der Waals surface area contributed by atoms with Crippen LogP contribution >= 0.6 is 0 Å². The fourth-order valence-corrected chi connectivity index (χ4v) is 2.28. The van der Waals surface area contributed by atoms with E-state index in [1.165, 1.54) is 0 Å². The molecule has 20 heavy (non-hydrogen) atoms. The molecular formula is C17H12O3. The summed E-state index contributed by atoms with van der Waals surface area (Å²) in [5.74, 6) is -0.202. The summed E-state index contributed by atoms with van der Waals surface area (Å²) in [6.45, 7) is 0. The average molecular weight is 264 g/mol. The molecule has 0 aliphatic heterocycles. The third-order valence-corrected chi connectivity index (χ3v) is 3.36. The smallest absolute Gasteiger partial charge is 0.234 e. The van der Waals surface area contributed by atoms with Gasteiger partial charge in [-0.1, -0.05) is 36.4 Å². The highest BCUT2D eigenvalue weighted by atomic mass is 16.5. The number of carbonyl (C=O) groups is 2. The third-order valence-electron chi connectivity index (χ3n) is 3.36. The van der Waals surface area contributed by atoms with Gasteiger partial charge in [0.1, 0.15) is 5.75 Å². The normalized spacial score (nSPS) is 13.8.